The molecule has 0 saturated heterocycles. The molecule has 0 aliphatic carbocycles. The molecule has 0 atom stereocenters. The number of nitrogens with zero attached hydrogens (tertiary/aromatic N) is 1. The normalized spacial score (nSPS) is 11.1. The Labute approximate surface area is 209 Å². The van der Waals surface area contributed by atoms with Crippen LogP contribution in [0.4, 0.5) is 0 Å². The molecule has 0 aromatic rings. The lowest BCUT2D eigenvalue weighted by Gasteiger charge is -2.13. The highest BCUT2D eigenvalue weighted by Gasteiger charge is 2.22. The molecule has 0 spiro atoms. The molecule has 0 aromatic carbocycles. The van der Waals surface area contributed by atoms with E-state index < -0.39 is 0 Å². The Morgan fingerprint density at radius 3 is 1.91 bits per heavy atom. The van der Waals surface area contributed by atoms with Crippen molar-refractivity contribution in [2.75, 3.05) is 26.2 Å². The molecule has 0 aromatic heterocycles. The van der Waals surface area contributed by atoms with Crippen molar-refractivity contribution in [1.82, 2.24) is 26.2 Å². The number of imide groups is 1. The third kappa shape index (κ3) is 22.3. The van der Waals surface area contributed by atoms with Crippen molar-refractivity contribution in [3.05, 3.63) is 12.2 Å². The second-order valence-corrected chi connectivity index (χ2v) is 6.92. The molecule has 1 aliphatic rings. The van der Waals surface area contributed by atoms with Crippen LogP contribution >= 0.6 is 0 Å². The van der Waals surface area contributed by atoms with E-state index in [-0.39, 0.29) is 48.7 Å². The Bertz CT molecular complexity index is 647. The van der Waals surface area contributed by atoms with Gasteiger partial charge < -0.3 is 21.3 Å². The van der Waals surface area contributed by atoms with Gasteiger partial charge in [-0.05, 0) is 33.6 Å². The smallest absolute Gasteiger partial charge is 0.253 e. The molecule has 0 saturated carbocycles. The van der Waals surface area contributed by atoms with Gasteiger partial charge in [0, 0.05) is 37.7 Å². The Kier molecular flexibility index (Phi) is 26.3. The monoisotopic (exact) mass is 499 g/mol. The Morgan fingerprint density at radius 1 is 0.857 bits per heavy atom. The van der Waals surface area contributed by atoms with Crippen molar-refractivity contribution in [2.45, 2.75) is 80.2 Å². The first-order valence-electron chi connectivity index (χ1n) is 12.2. The minimum Gasteiger partial charge on any atom is -0.355 e. The number of likely N-dealkylation sites (N-methyl/N-ethyl adjacent to an activating group) is 1. The van der Waals surface area contributed by atoms with Crippen LogP contribution in [0.2, 0.25) is 0 Å². The molecule has 1 aliphatic heterocycles. The van der Waals surface area contributed by atoms with Gasteiger partial charge in [-0.15, -0.1) is 0 Å². The summed E-state index contributed by atoms with van der Waals surface area (Å²) >= 11 is 0. The first kappa shape index (κ1) is 36.3. The molecule has 4 N–H and O–H groups in total. The first-order valence-corrected chi connectivity index (χ1v) is 12.2. The number of carbonyl (C=O) groups excluding carboxylic acids is 6. The molecule has 11 nitrogen and oxygen atoms in total. The molecule has 202 valence electrons. The van der Waals surface area contributed by atoms with Crippen LogP contribution in [-0.4, -0.2) is 73.1 Å². The molecule has 0 radical (unpaired) electrons. The van der Waals surface area contributed by atoms with Crippen molar-refractivity contribution in [3.63, 3.8) is 0 Å². The predicted octanol–water partition coefficient (Wildman–Crippen LogP) is 1.03. The van der Waals surface area contributed by atoms with E-state index in [0.717, 1.165) is 6.42 Å². The van der Waals surface area contributed by atoms with Gasteiger partial charge in [-0.25, -0.2) is 0 Å². The van der Waals surface area contributed by atoms with Gasteiger partial charge in [0.1, 0.15) is 0 Å². The maximum Gasteiger partial charge on any atom is 0.253 e. The van der Waals surface area contributed by atoms with Crippen molar-refractivity contribution in [3.8, 4) is 0 Å². The fraction of sp³-hybridized carbons (Fsp3) is 0.667. The molecule has 1 heterocycles. The lowest BCUT2D eigenvalue weighted by molar-refractivity contribution is -0.137. The molecule has 35 heavy (non-hydrogen) atoms. The van der Waals surface area contributed by atoms with E-state index in [1.54, 1.807) is 0 Å². The summed E-state index contributed by atoms with van der Waals surface area (Å²) < 4.78 is 0. The number of hydrogen-bond donors (Lipinski definition) is 4. The van der Waals surface area contributed by atoms with Gasteiger partial charge in [0.2, 0.25) is 24.1 Å². The number of nitrogens with one attached hydrogen (secondary N) is 4. The van der Waals surface area contributed by atoms with Crippen molar-refractivity contribution < 1.29 is 28.8 Å². The number of unbranched alkanes of at least 4 members (excludes halogenated alkanes) is 2. The fourth-order valence-electron chi connectivity index (χ4n) is 2.42. The topological polar surface area (TPSA) is 154 Å². The van der Waals surface area contributed by atoms with Crippen molar-refractivity contribution in [2.24, 2.45) is 0 Å². The summed E-state index contributed by atoms with van der Waals surface area (Å²) in [5, 5.41) is 10.00. The zero-order chi connectivity index (χ0) is 27.6. The van der Waals surface area contributed by atoms with E-state index in [1.165, 1.54) is 17.1 Å². The first-order chi connectivity index (χ1) is 16.7. The molecular weight excluding hydrogens is 454 g/mol. The van der Waals surface area contributed by atoms with E-state index in [9.17, 15) is 28.8 Å². The second kappa shape index (κ2) is 25.4. The van der Waals surface area contributed by atoms with Crippen LogP contribution in [0.15, 0.2) is 12.2 Å². The molecule has 11 heteroatoms. The van der Waals surface area contributed by atoms with Crippen LogP contribution in [0.3, 0.4) is 0 Å². The second-order valence-electron chi connectivity index (χ2n) is 6.92. The molecule has 1 rings (SSSR count). The minimum absolute atomic E-state index is 0.0144. The van der Waals surface area contributed by atoms with Gasteiger partial charge in [-0.1, -0.05) is 34.1 Å². The third-order valence-corrected chi connectivity index (χ3v) is 3.80. The number of amides is 6. The van der Waals surface area contributed by atoms with Crippen LogP contribution < -0.4 is 21.3 Å². The van der Waals surface area contributed by atoms with Crippen molar-refractivity contribution >= 4 is 35.9 Å². The summed E-state index contributed by atoms with van der Waals surface area (Å²) in [6.07, 6.45) is 5.41. The number of rotatable bonds is 13. The van der Waals surface area contributed by atoms with Gasteiger partial charge >= 0.3 is 0 Å². The third-order valence-electron chi connectivity index (χ3n) is 3.80. The van der Waals surface area contributed by atoms with E-state index in [2.05, 4.69) is 21.3 Å². The standard InChI is InChI=1S/C15H23N3O4.C5H10N2O2.2C2H6/c1-11(2)17-13(20)10-16-12(19)6-4-3-5-9-18-14(21)7-8-15(18)22;1-2-7-5(9)3-6-4-8;2*1-2/h7-8,11H,3-6,9-10H2,1-2H3,(H,16,19)(H,17,20);4H,2-3H2,1H3,(H,6,8)(H,7,9);2*1-2H3. The fourth-order valence-corrected chi connectivity index (χ4v) is 2.42. The van der Waals surface area contributed by atoms with Crippen molar-refractivity contribution in [1.29, 1.82) is 0 Å². The lowest BCUT2D eigenvalue weighted by atomic mass is 10.2. The molecule has 0 unspecified atom stereocenters. The molecule has 0 fully saturated rings. The SMILES string of the molecule is CC.CC.CC(C)NC(=O)CNC(=O)CCCCCN1C(=O)C=CC1=O.CCNC(=O)CNC=O. The van der Waals surface area contributed by atoms with Gasteiger partial charge in [-0.2, -0.15) is 0 Å². The summed E-state index contributed by atoms with van der Waals surface area (Å²) in [6.45, 7) is 14.5. The Hall–Kier alpha value is -3.24. The van der Waals surface area contributed by atoms with Gasteiger partial charge in [0.15, 0.2) is 0 Å². The van der Waals surface area contributed by atoms with E-state index in [1.807, 2.05) is 48.5 Å². The van der Waals surface area contributed by atoms with Gasteiger partial charge in [0.05, 0.1) is 13.1 Å². The summed E-state index contributed by atoms with van der Waals surface area (Å²) in [6, 6.07) is 0.0508. The average molecular weight is 500 g/mol. The number of carbonyl (C=O) groups is 6. The van der Waals surface area contributed by atoms with E-state index in [4.69, 9.17) is 0 Å². The average Bonchev–Trinajstić information content (AvgIpc) is 3.16. The van der Waals surface area contributed by atoms with E-state index in [0.29, 0.717) is 38.8 Å². The predicted molar refractivity (Wildman–Crippen MR) is 136 cm³/mol. The molecular formula is C24H45N5O6. The van der Waals surface area contributed by atoms with E-state index >= 15 is 0 Å². The molecule has 6 amide bonds. The summed E-state index contributed by atoms with van der Waals surface area (Å²) in [7, 11) is 0. The van der Waals surface area contributed by atoms with Crippen LogP contribution in [0.1, 0.15) is 74.1 Å². The largest absolute Gasteiger partial charge is 0.355 e. The summed E-state index contributed by atoms with van der Waals surface area (Å²) in [4.78, 5) is 66.8. The zero-order valence-corrected chi connectivity index (χ0v) is 22.4. The van der Waals surface area contributed by atoms with Crippen LogP contribution in [0.25, 0.3) is 0 Å². The van der Waals surface area contributed by atoms with Crippen LogP contribution in [-0.2, 0) is 28.8 Å². The Balaban J connectivity index is -0.000000659. The van der Waals surface area contributed by atoms with Crippen LogP contribution in [0.5, 0.6) is 0 Å². The summed E-state index contributed by atoms with van der Waals surface area (Å²) in [5.41, 5.74) is 0. The lowest BCUT2D eigenvalue weighted by Crippen LogP contribution is -2.39. The van der Waals surface area contributed by atoms with Gasteiger partial charge in [0.25, 0.3) is 11.8 Å². The summed E-state index contributed by atoms with van der Waals surface area (Å²) in [5.74, 6) is -1.10. The highest BCUT2D eigenvalue weighted by molar-refractivity contribution is 6.12. The maximum atomic E-state index is 11.5. The number of hydrogen-bond acceptors (Lipinski definition) is 6. The zero-order valence-electron chi connectivity index (χ0n) is 22.4. The maximum absolute atomic E-state index is 11.5. The Morgan fingerprint density at radius 2 is 1.43 bits per heavy atom. The van der Waals surface area contributed by atoms with Crippen LogP contribution in [0, 0.1) is 0 Å². The minimum atomic E-state index is -0.279. The van der Waals surface area contributed by atoms with Gasteiger partial charge in [-0.3, -0.25) is 33.7 Å². The highest BCUT2D eigenvalue weighted by Crippen LogP contribution is 2.07. The highest BCUT2D eigenvalue weighted by atomic mass is 16.2. The quantitative estimate of drug-likeness (QED) is 0.169. The molecule has 0 bridgehead atoms.